The molecule has 200 valence electrons. The first-order chi connectivity index (χ1) is 15.0. The maximum absolute atomic E-state index is 10.1. The lowest BCUT2D eigenvalue weighted by Crippen LogP contribution is -2.41. The fourth-order valence-corrected chi connectivity index (χ4v) is 2.56. The monoisotopic (exact) mass is 488 g/mol. The Labute approximate surface area is 195 Å². The van der Waals surface area contributed by atoms with Gasteiger partial charge in [-0.25, -0.2) is 0 Å². The third-order valence-corrected chi connectivity index (χ3v) is 4.97. The first-order valence-corrected chi connectivity index (χ1v) is 10.7. The molecule has 12 heteroatoms. The number of aliphatic hydroxyl groups excluding tert-OH is 6. The predicted octanol–water partition coefficient (Wildman–Crippen LogP) is -1.28. The first-order valence-electron chi connectivity index (χ1n) is 10.7. The van der Waals surface area contributed by atoms with E-state index in [1.165, 1.54) is 0 Å². The molecule has 0 saturated carbocycles. The zero-order chi connectivity index (χ0) is 26.0. The Balaban J connectivity index is 0.000000519. The van der Waals surface area contributed by atoms with Gasteiger partial charge in [0.15, 0.2) is 17.4 Å². The van der Waals surface area contributed by atoms with Crippen LogP contribution < -0.4 is 0 Å². The maximum Gasteiger partial charge on any atom is 0.163 e. The number of hydrogen-bond donors (Lipinski definition) is 6. The number of rotatable bonds is 8. The molecule has 0 aromatic rings. The fourth-order valence-electron chi connectivity index (χ4n) is 2.56. The van der Waals surface area contributed by atoms with Crippen molar-refractivity contribution in [3.8, 4) is 0 Å². The average molecular weight is 489 g/mol. The lowest BCUT2D eigenvalue weighted by atomic mass is 10.1. The molecule has 0 aromatic heterocycles. The third kappa shape index (κ3) is 12.2. The van der Waals surface area contributed by atoms with Crippen molar-refractivity contribution in [3.63, 3.8) is 0 Å². The Hall–Kier alpha value is -0.480. The van der Waals surface area contributed by atoms with Gasteiger partial charge in [-0.05, 0) is 41.5 Å². The number of methoxy groups -OCH3 is 2. The van der Waals surface area contributed by atoms with E-state index in [0.29, 0.717) is 13.2 Å². The normalized spacial score (nSPS) is 27.5. The predicted molar refractivity (Wildman–Crippen MR) is 116 cm³/mol. The molecule has 12 nitrogen and oxygen atoms in total. The summed E-state index contributed by atoms with van der Waals surface area (Å²) in [4.78, 5) is 0. The molecule has 6 N–H and O–H groups in total. The molecule has 0 aromatic carbocycles. The topological polar surface area (TPSA) is 177 Å². The van der Waals surface area contributed by atoms with Crippen molar-refractivity contribution < 1.29 is 59.1 Å². The van der Waals surface area contributed by atoms with Gasteiger partial charge in [0.05, 0.1) is 26.4 Å². The number of aliphatic hydroxyl groups is 6. The Bertz CT molecular complexity index is 485. The molecule has 0 radical (unpaired) electrons. The van der Waals surface area contributed by atoms with Gasteiger partial charge >= 0.3 is 0 Å². The highest BCUT2D eigenvalue weighted by atomic mass is 16.8. The van der Waals surface area contributed by atoms with Crippen LogP contribution in [0.3, 0.4) is 0 Å². The summed E-state index contributed by atoms with van der Waals surface area (Å²) in [6.45, 7) is 10.5. The first kappa shape index (κ1) is 32.5. The molecule has 0 amide bonds. The molecule has 5 atom stereocenters. The van der Waals surface area contributed by atoms with Crippen LogP contribution in [0, 0.1) is 0 Å². The van der Waals surface area contributed by atoms with Crippen LogP contribution in [0.25, 0.3) is 0 Å². The van der Waals surface area contributed by atoms with Gasteiger partial charge in [-0.3, -0.25) is 0 Å². The van der Waals surface area contributed by atoms with Gasteiger partial charge in [0.2, 0.25) is 0 Å². The molecule has 0 bridgehead atoms. The van der Waals surface area contributed by atoms with Crippen LogP contribution in [0.1, 0.15) is 41.5 Å². The summed E-state index contributed by atoms with van der Waals surface area (Å²) in [6, 6.07) is 0. The molecule has 0 spiro atoms. The Kier molecular flexibility index (Phi) is 14.0. The molecule has 2 saturated heterocycles. The highest BCUT2D eigenvalue weighted by Crippen LogP contribution is 2.30. The Morgan fingerprint density at radius 3 is 1.30 bits per heavy atom. The summed E-state index contributed by atoms with van der Waals surface area (Å²) < 4.78 is 31.7. The minimum atomic E-state index is -1.49. The van der Waals surface area contributed by atoms with Crippen LogP contribution in [-0.4, -0.2) is 125 Å². The molecule has 2 fully saturated rings. The van der Waals surface area contributed by atoms with Crippen molar-refractivity contribution in [1.82, 2.24) is 0 Å². The van der Waals surface area contributed by atoms with Crippen molar-refractivity contribution >= 4 is 0 Å². The van der Waals surface area contributed by atoms with Gasteiger partial charge in [-0.1, -0.05) is 0 Å². The molecule has 0 aliphatic carbocycles. The second-order valence-electron chi connectivity index (χ2n) is 9.02. The van der Waals surface area contributed by atoms with Gasteiger partial charge in [0, 0.05) is 14.2 Å². The third-order valence-electron chi connectivity index (χ3n) is 4.97. The molecule has 2 rings (SSSR count). The summed E-state index contributed by atoms with van der Waals surface area (Å²) in [6.07, 6.45) is -5.71. The van der Waals surface area contributed by atoms with Crippen LogP contribution in [-0.2, 0) is 28.4 Å². The molecular weight excluding hydrogens is 444 g/mol. The van der Waals surface area contributed by atoms with Gasteiger partial charge in [0.25, 0.3) is 0 Å². The lowest BCUT2D eigenvalue weighted by Gasteiger charge is -2.24. The van der Waals surface area contributed by atoms with E-state index in [1.54, 1.807) is 14.2 Å². The summed E-state index contributed by atoms with van der Waals surface area (Å²) in [7, 11) is 3.23. The van der Waals surface area contributed by atoms with E-state index >= 15 is 0 Å². The van der Waals surface area contributed by atoms with Crippen LogP contribution >= 0.6 is 0 Å². The summed E-state index contributed by atoms with van der Waals surface area (Å²) in [5, 5.41) is 52.7. The van der Waals surface area contributed by atoms with E-state index in [2.05, 4.69) is 0 Å². The second kappa shape index (κ2) is 14.2. The van der Waals surface area contributed by atoms with Crippen molar-refractivity contribution in [2.75, 3.05) is 40.6 Å². The molecule has 33 heavy (non-hydrogen) atoms. The van der Waals surface area contributed by atoms with Crippen LogP contribution in [0.15, 0.2) is 0 Å². The van der Waals surface area contributed by atoms with Crippen molar-refractivity contribution in [3.05, 3.63) is 0 Å². The zero-order valence-corrected chi connectivity index (χ0v) is 20.9. The van der Waals surface area contributed by atoms with Gasteiger partial charge in [-0.15, -0.1) is 0 Å². The average Bonchev–Trinajstić information content (AvgIpc) is 3.33. The molecule has 3 unspecified atom stereocenters. The molecular formula is C21H44O12. The molecule has 2 heterocycles. The largest absolute Gasteiger partial charge is 0.394 e. The van der Waals surface area contributed by atoms with E-state index in [9.17, 15) is 5.11 Å². The van der Waals surface area contributed by atoms with Crippen molar-refractivity contribution in [2.45, 2.75) is 95.5 Å². The van der Waals surface area contributed by atoms with Crippen LogP contribution in [0.5, 0.6) is 0 Å². The number of ether oxygens (including phenoxy) is 6. The number of hydrogen-bond acceptors (Lipinski definition) is 12. The summed E-state index contributed by atoms with van der Waals surface area (Å²) >= 11 is 0. The van der Waals surface area contributed by atoms with Crippen LogP contribution in [0.2, 0.25) is 0 Å². The minimum absolute atomic E-state index is 0.350. The SMILES string of the molecule is CC1(C)OCC(C(O)C2COC(C)(C)O2)O1.COC(C)(C)OC.OC[C@@H](O)C(O)[C@@H](O)CO. The summed E-state index contributed by atoms with van der Waals surface area (Å²) in [5.41, 5.74) is 0. The van der Waals surface area contributed by atoms with E-state index in [0.717, 1.165) is 0 Å². The Morgan fingerprint density at radius 1 is 0.788 bits per heavy atom. The summed E-state index contributed by atoms with van der Waals surface area (Å²) in [5.74, 6) is -1.67. The minimum Gasteiger partial charge on any atom is -0.394 e. The van der Waals surface area contributed by atoms with E-state index in [-0.39, 0.29) is 12.2 Å². The fraction of sp³-hybridized carbons (Fsp3) is 1.00. The molecule has 2 aliphatic heterocycles. The smallest absolute Gasteiger partial charge is 0.163 e. The quantitative estimate of drug-likeness (QED) is 0.223. The van der Waals surface area contributed by atoms with Gasteiger partial charge in [0.1, 0.15) is 36.6 Å². The van der Waals surface area contributed by atoms with Gasteiger partial charge < -0.3 is 59.1 Å². The molecule has 2 aliphatic rings. The van der Waals surface area contributed by atoms with E-state index < -0.39 is 55.0 Å². The maximum atomic E-state index is 10.1. The zero-order valence-electron chi connectivity index (χ0n) is 20.9. The lowest BCUT2D eigenvalue weighted by molar-refractivity contribution is -0.179. The second-order valence-corrected chi connectivity index (χ2v) is 9.02. The van der Waals surface area contributed by atoms with E-state index in [4.69, 9.17) is 54.0 Å². The Morgan fingerprint density at radius 2 is 1.12 bits per heavy atom. The highest BCUT2D eigenvalue weighted by Gasteiger charge is 2.44. The standard InChI is InChI=1S/C11H20O5.C5H12O5.C5H12O2/c1-10(2)13-5-7(15-10)9(12)8-6-14-11(3,4)16-8;6-1-3(8)5(10)4(9)2-7;1-5(2,6-3)7-4/h7-9,12H,5-6H2,1-4H3;3-10H,1-2H2;1-4H3/t;3-,4+,5?;. The van der Waals surface area contributed by atoms with Gasteiger partial charge in [-0.2, -0.15) is 0 Å². The van der Waals surface area contributed by atoms with Crippen molar-refractivity contribution in [2.24, 2.45) is 0 Å². The van der Waals surface area contributed by atoms with Crippen molar-refractivity contribution in [1.29, 1.82) is 0 Å². The van der Waals surface area contributed by atoms with Crippen LogP contribution in [0.4, 0.5) is 0 Å². The van der Waals surface area contributed by atoms with E-state index in [1.807, 2.05) is 41.5 Å². The highest BCUT2D eigenvalue weighted by molar-refractivity contribution is 4.86.